The van der Waals surface area contributed by atoms with E-state index in [1.54, 1.807) is 24.3 Å². The Bertz CT molecular complexity index is 1300. The molecule has 3 nitrogen and oxygen atoms in total. The zero-order chi connectivity index (χ0) is 19.3. The second-order valence-electron chi connectivity index (χ2n) is 6.93. The number of allylic oxidation sites excluding steroid dienone is 1. The summed E-state index contributed by atoms with van der Waals surface area (Å²) in [5.41, 5.74) is 1.86. The van der Waals surface area contributed by atoms with Gasteiger partial charge >= 0.3 is 0 Å². The fourth-order valence-electron chi connectivity index (χ4n) is 4.19. The molecule has 4 aromatic rings. The molecule has 1 aliphatic carbocycles. The molecular weight excluding hydrogens is 346 g/mol. The van der Waals surface area contributed by atoms with Crippen molar-refractivity contribution in [2.45, 2.75) is 5.92 Å². The van der Waals surface area contributed by atoms with Crippen LogP contribution >= 0.6 is 0 Å². The Morgan fingerprint density at radius 3 is 1.89 bits per heavy atom. The molecule has 132 valence electrons. The number of nitriles is 1. The Kier molecular flexibility index (Phi) is 3.53. The van der Waals surface area contributed by atoms with Crippen LogP contribution in [0.5, 0.6) is 0 Å². The van der Waals surface area contributed by atoms with Gasteiger partial charge in [0.2, 0.25) is 0 Å². The number of aliphatic hydroxyl groups is 1. The maximum absolute atomic E-state index is 13.1. The molecular formula is C25H15NO2. The molecule has 0 fully saturated rings. The molecule has 0 radical (unpaired) electrons. The normalized spacial score (nSPS) is 14.3. The van der Waals surface area contributed by atoms with Gasteiger partial charge in [-0.3, -0.25) is 4.79 Å². The SMILES string of the molecule is N#C[C@@H](C1=C(O)c2ccccc2C1=O)c1c2ccccc2cc2ccccc12. The Morgan fingerprint density at radius 2 is 1.32 bits per heavy atom. The Labute approximate surface area is 161 Å². The number of ketones is 1. The van der Waals surface area contributed by atoms with E-state index < -0.39 is 5.92 Å². The molecule has 3 heteroatoms. The summed E-state index contributed by atoms with van der Waals surface area (Å²) in [7, 11) is 0. The second-order valence-corrected chi connectivity index (χ2v) is 6.93. The molecule has 0 saturated carbocycles. The maximum atomic E-state index is 13.1. The third kappa shape index (κ3) is 2.19. The Hall–Kier alpha value is -3.90. The molecule has 5 rings (SSSR count). The lowest BCUT2D eigenvalue weighted by Crippen LogP contribution is -2.09. The fourth-order valence-corrected chi connectivity index (χ4v) is 4.19. The van der Waals surface area contributed by atoms with Crippen molar-refractivity contribution in [1.29, 1.82) is 5.26 Å². The molecule has 0 amide bonds. The van der Waals surface area contributed by atoms with Crippen molar-refractivity contribution in [2.75, 3.05) is 0 Å². The van der Waals surface area contributed by atoms with Crippen molar-refractivity contribution in [3.05, 3.63) is 101 Å². The lowest BCUT2D eigenvalue weighted by Gasteiger charge is -2.17. The number of hydrogen-bond donors (Lipinski definition) is 1. The summed E-state index contributed by atoms with van der Waals surface area (Å²) in [6.45, 7) is 0. The lowest BCUT2D eigenvalue weighted by atomic mass is 9.83. The highest BCUT2D eigenvalue weighted by atomic mass is 16.3. The Balaban J connectivity index is 1.85. The van der Waals surface area contributed by atoms with E-state index in [4.69, 9.17) is 0 Å². The van der Waals surface area contributed by atoms with Gasteiger partial charge in [-0.25, -0.2) is 0 Å². The molecule has 0 spiro atoms. The summed E-state index contributed by atoms with van der Waals surface area (Å²) < 4.78 is 0. The van der Waals surface area contributed by atoms with Crippen LogP contribution in [-0.2, 0) is 0 Å². The van der Waals surface area contributed by atoms with Gasteiger partial charge in [0.05, 0.1) is 11.6 Å². The number of Topliss-reactive ketones (excluding diaryl/α,β-unsaturated/α-hetero) is 1. The van der Waals surface area contributed by atoms with Gasteiger partial charge in [0.15, 0.2) is 5.78 Å². The highest BCUT2D eigenvalue weighted by molar-refractivity contribution is 6.21. The lowest BCUT2D eigenvalue weighted by molar-refractivity contribution is 0.103. The van der Waals surface area contributed by atoms with E-state index in [-0.39, 0.29) is 17.1 Å². The molecule has 4 aromatic carbocycles. The van der Waals surface area contributed by atoms with Crippen molar-refractivity contribution in [2.24, 2.45) is 0 Å². The predicted molar refractivity (Wildman–Crippen MR) is 110 cm³/mol. The maximum Gasteiger partial charge on any atom is 0.195 e. The number of fused-ring (bicyclic) bond motifs is 3. The summed E-state index contributed by atoms with van der Waals surface area (Å²) in [5, 5.41) is 24.8. The van der Waals surface area contributed by atoms with E-state index in [9.17, 15) is 15.2 Å². The van der Waals surface area contributed by atoms with Gasteiger partial charge in [-0.05, 0) is 33.2 Å². The molecule has 0 aliphatic heterocycles. The first kappa shape index (κ1) is 16.3. The highest BCUT2D eigenvalue weighted by Crippen LogP contribution is 2.43. The summed E-state index contributed by atoms with van der Waals surface area (Å²) in [6.07, 6.45) is 0. The molecule has 0 aromatic heterocycles. The van der Waals surface area contributed by atoms with Crippen LogP contribution < -0.4 is 0 Å². The predicted octanol–water partition coefficient (Wildman–Crippen LogP) is 5.77. The minimum atomic E-state index is -0.865. The summed E-state index contributed by atoms with van der Waals surface area (Å²) in [4.78, 5) is 13.1. The van der Waals surface area contributed by atoms with Crippen LogP contribution in [-0.4, -0.2) is 10.9 Å². The average Bonchev–Trinajstić information content (AvgIpc) is 2.99. The van der Waals surface area contributed by atoms with Gasteiger partial charge in [0, 0.05) is 11.1 Å². The zero-order valence-corrected chi connectivity index (χ0v) is 14.9. The number of carbonyl (C=O) groups is 1. The second kappa shape index (κ2) is 6.07. The first-order chi connectivity index (χ1) is 13.7. The number of aliphatic hydroxyl groups excluding tert-OH is 1. The fraction of sp³-hybridized carbons (Fsp3) is 0.0400. The van der Waals surface area contributed by atoms with Crippen LogP contribution in [0.25, 0.3) is 27.3 Å². The van der Waals surface area contributed by atoms with E-state index in [1.165, 1.54) is 0 Å². The Morgan fingerprint density at radius 1 is 0.786 bits per heavy atom. The largest absolute Gasteiger partial charge is 0.507 e. The number of hydrogen-bond acceptors (Lipinski definition) is 3. The minimum absolute atomic E-state index is 0.0934. The van der Waals surface area contributed by atoms with E-state index in [0.717, 1.165) is 27.1 Å². The topological polar surface area (TPSA) is 61.1 Å². The van der Waals surface area contributed by atoms with Crippen molar-refractivity contribution in [1.82, 2.24) is 0 Å². The first-order valence-corrected chi connectivity index (χ1v) is 9.08. The molecule has 1 atom stereocenters. The molecule has 28 heavy (non-hydrogen) atoms. The van der Waals surface area contributed by atoms with Crippen LogP contribution in [0, 0.1) is 11.3 Å². The third-order valence-corrected chi connectivity index (χ3v) is 5.45. The van der Waals surface area contributed by atoms with Crippen molar-refractivity contribution in [3.63, 3.8) is 0 Å². The third-order valence-electron chi connectivity index (χ3n) is 5.45. The molecule has 1 aliphatic rings. The van der Waals surface area contributed by atoms with Crippen LogP contribution in [0.15, 0.2) is 84.4 Å². The van der Waals surface area contributed by atoms with Crippen LogP contribution in [0.4, 0.5) is 0 Å². The van der Waals surface area contributed by atoms with Crippen molar-refractivity contribution in [3.8, 4) is 6.07 Å². The van der Waals surface area contributed by atoms with Gasteiger partial charge in [-0.2, -0.15) is 5.26 Å². The highest BCUT2D eigenvalue weighted by Gasteiger charge is 2.36. The quantitative estimate of drug-likeness (QED) is 0.461. The number of benzene rings is 4. The molecule has 0 heterocycles. The van der Waals surface area contributed by atoms with Crippen molar-refractivity contribution >= 4 is 33.1 Å². The van der Waals surface area contributed by atoms with Gasteiger partial charge in [0.25, 0.3) is 0 Å². The summed E-state index contributed by atoms with van der Waals surface area (Å²) in [5.74, 6) is -1.24. The molecule has 0 unspecified atom stereocenters. The molecule has 1 N–H and O–H groups in total. The number of rotatable bonds is 2. The van der Waals surface area contributed by atoms with Crippen LogP contribution in [0.1, 0.15) is 27.4 Å². The van der Waals surface area contributed by atoms with E-state index in [1.807, 2.05) is 48.5 Å². The van der Waals surface area contributed by atoms with Crippen molar-refractivity contribution < 1.29 is 9.90 Å². The number of nitrogens with zero attached hydrogens (tertiary/aromatic N) is 1. The molecule has 0 saturated heterocycles. The van der Waals surface area contributed by atoms with E-state index in [0.29, 0.717) is 11.1 Å². The van der Waals surface area contributed by atoms with Gasteiger partial charge in [0.1, 0.15) is 11.7 Å². The van der Waals surface area contributed by atoms with Gasteiger partial charge in [-0.1, -0.05) is 72.8 Å². The minimum Gasteiger partial charge on any atom is -0.507 e. The molecule has 0 bridgehead atoms. The van der Waals surface area contributed by atoms with E-state index >= 15 is 0 Å². The monoisotopic (exact) mass is 361 g/mol. The smallest absolute Gasteiger partial charge is 0.195 e. The van der Waals surface area contributed by atoms with Gasteiger partial charge in [-0.15, -0.1) is 0 Å². The zero-order valence-electron chi connectivity index (χ0n) is 14.9. The van der Waals surface area contributed by atoms with E-state index in [2.05, 4.69) is 12.1 Å². The van der Waals surface area contributed by atoms with Gasteiger partial charge < -0.3 is 5.11 Å². The average molecular weight is 361 g/mol. The number of carbonyl (C=O) groups excluding carboxylic acids is 1. The first-order valence-electron chi connectivity index (χ1n) is 9.08. The standard InChI is InChI=1S/C25H15NO2/c26-14-21(23-24(27)19-11-5-6-12-20(19)25(23)28)22-17-9-3-1-7-15(17)13-16-8-2-4-10-18(16)22/h1-13,21,27H/t21-/m1/s1. The summed E-state index contributed by atoms with van der Waals surface area (Å²) in [6, 6.07) is 27.0. The van der Waals surface area contributed by atoms with Crippen LogP contribution in [0.3, 0.4) is 0 Å². The van der Waals surface area contributed by atoms with Crippen LogP contribution in [0.2, 0.25) is 0 Å². The summed E-state index contributed by atoms with van der Waals surface area (Å²) >= 11 is 0.